The van der Waals surface area contributed by atoms with Crippen LogP contribution in [0, 0.1) is 13.8 Å². The van der Waals surface area contributed by atoms with Crippen LogP contribution in [0.15, 0.2) is 33.8 Å². The SMILES string of the molecule is CN=C(NCCc1nc(-c2ccc(Cl)cc2)no1)NCCc1nc(C)c(C)s1.I. The predicted molar refractivity (Wildman–Crippen MR) is 129 cm³/mol. The lowest BCUT2D eigenvalue weighted by Gasteiger charge is -2.10. The van der Waals surface area contributed by atoms with Gasteiger partial charge in [0.15, 0.2) is 5.96 Å². The number of rotatable bonds is 7. The number of nitrogens with zero attached hydrogens (tertiary/aromatic N) is 4. The number of hydrogen-bond donors (Lipinski definition) is 2. The van der Waals surface area contributed by atoms with Crippen molar-refractivity contribution in [1.29, 1.82) is 0 Å². The van der Waals surface area contributed by atoms with E-state index in [0.717, 1.165) is 35.2 Å². The average Bonchev–Trinajstić information content (AvgIpc) is 3.28. The number of guanidine groups is 1. The summed E-state index contributed by atoms with van der Waals surface area (Å²) in [6.45, 7) is 5.55. The first-order chi connectivity index (χ1) is 13.5. The van der Waals surface area contributed by atoms with E-state index in [-0.39, 0.29) is 24.0 Å². The fourth-order valence-electron chi connectivity index (χ4n) is 2.52. The Morgan fingerprint density at radius 3 is 2.41 bits per heavy atom. The van der Waals surface area contributed by atoms with Crippen LogP contribution < -0.4 is 10.6 Å². The lowest BCUT2D eigenvalue weighted by Crippen LogP contribution is -2.39. The zero-order valence-corrected chi connectivity index (χ0v) is 20.4. The van der Waals surface area contributed by atoms with Crippen LogP contribution in [0.25, 0.3) is 11.4 Å². The smallest absolute Gasteiger partial charge is 0.228 e. The van der Waals surface area contributed by atoms with Crippen molar-refractivity contribution in [3.05, 3.63) is 50.8 Å². The minimum atomic E-state index is 0. The zero-order chi connectivity index (χ0) is 19.9. The highest BCUT2D eigenvalue weighted by molar-refractivity contribution is 14.0. The molecule has 0 amide bonds. The minimum Gasteiger partial charge on any atom is -0.356 e. The molecule has 0 aliphatic heterocycles. The Balaban J connectivity index is 0.00000300. The third-order valence-corrected chi connectivity index (χ3v) is 5.51. The number of hydrogen-bond acceptors (Lipinski definition) is 6. The molecule has 7 nitrogen and oxygen atoms in total. The maximum atomic E-state index is 5.90. The van der Waals surface area contributed by atoms with Crippen molar-refractivity contribution in [2.75, 3.05) is 20.1 Å². The first-order valence-electron chi connectivity index (χ1n) is 9.01. The Bertz CT molecular complexity index is 921. The number of aliphatic imine (C=N–C) groups is 1. The number of thiazole rings is 1. The van der Waals surface area contributed by atoms with Crippen LogP contribution in [0.4, 0.5) is 0 Å². The second kappa shape index (κ2) is 11.5. The molecule has 0 aliphatic rings. The third-order valence-electron chi connectivity index (χ3n) is 4.13. The van der Waals surface area contributed by atoms with Gasteiger partial charge in [0.1, 0.15) is 0 Å². The van der Waals surface area contributed by atoms with Crippen LogP contribution >= 0.6 is 46.9 Å². The molecule has 2 N–H and O–H groups in total. The van der Waals surface area contributed by atoms with Crippen LogP contribution in [0.5, 0.6) is 0 Å². The Labute approximate surface area is 196 Å². The van der Waals surface area contributed by atoms with Gasteiger partial charge in [0, 0.05) is 48.4 Å². The average molecular weight is 547 g/mol. The molecule has 10 heteroatoms. The Morgan fingerprint density at radius 2 is 1.79 bits per heavy atom. The molecule has 0 unspecified atom stereocenters. The molecule has 1 aromatic carbocycles. The van der Waals surface area contributed by atoms with E-state index in [1.54, 1.807) is 30.5 Å². The quantitative estimate of drug-likeness (QED) is 0.264. The summed E-state index contributed by atoms with van der Waals surface area (Å²) >= 11 is 7.65. The molecular weight excluding hydrogens is 523 g/mol. The summed E-state index contributed by atoms with van der Waals surface area (Å²) < 4.78 is 5.32. The van der Waals surface area contributed by atoms with Crippen LogP contribution in [0.3, 0.4) is 0 Å². The van der Waals surface area contributed by atoms with Crippen LogP contribution in [-0.4, -0.2) is 41.2 Å². The molecule has 2 heterocycles. The van der Waals surface area contributed by atoms with Gasteiger partial charge < -0.3 is 15.2 Å². The summed E-state index contributed by atoms with van der Waals surface area (Å²) in [4.78, 5) is 14.5. The van der Waals surface area contributed by atoms with Crippen molar-refractivity contribution in [1.82, 2.24) is 25.8 Å². The molecule has 0 saturated heterocycles. The van der Waals surface area contributed by atoms with Crippen molar-refractivity contribution in [2.45, 2.75) is 26.7 Å². The minimum absolute atomic E-state index is 0. The van der Waals surface area contributed by atoms with E-state index in [1.807, 2.05) is 19.1 Å². The van der Waals surface area contributed by atoms with Gasteiger partial charge in [0.2, 0.25) is 11.7 Å². The van der Waals surface area contributed by atoms with Crippen molar-refractivity contribution >= 4 is 52.9 Å². The van der Waals surface area contributed by atoms with E-state index >= 15 is 0 Å². The Hall–Kier alpha value is -1.72. The first-order valence-corrected chi connectivity index (χ1v) is 10.2. The summed E-state index contributed by atoms with van der Waals surface area (Å²) in [5, 5.41) is 12.4. The molecule has 3 aromatic rings. The second-order valence-corrected chi connectivity index (χ2v) is 7.92. The predicted octanol–water partition coefficient (Wildman–Crippen LogP) is 4.03. The lowest BCUT2D eigenvalue weighted by atomic mass is 10.2. The summed E-state index contributed by atoms with van der Waals surface area (Å²) in [6, 6.07) is 7.34. The third kappa shape index (κ3) is 6.93. The number of nitrogens with one attached hydrogen (secondary N) is 2. The molecule has 156 valence electrons. The van der Waals surface area contributed by atoms with Crippen molar-refractivity contribution in [3.8, 4) is 11.4 Å². The molecule has 0 atom stereocenters. The van der Waals surface area contributed by atoms with Crippen molar-refractivity contribution < 1.29 is 4.52 Å². The maximum Gasteiger partial charge on any atom is 0.228 e. The highest BCUT2D eigenvalue weighted by Crippen LogP contribution is 2.18. The number of halogens is 2. The summed E-state index contributed by atoms with van der Waals surface area (Å²) in [6.07, 6.45) is 1.47. The van der Waals surface area contributed by atoms with Gasteiger partial charge in [0.05, 0.1) is 10.7 Å². The van der Waals surface area contributed by atoms with E-state index in [1.165, 1.54) is 4.88 Å². The van der Waals surface area contributed by atoms with Gasteiger partial charge in [-0.3, -0.25) is 4.99 Å². The normalized spacial score (nSPS) is 11.2. The standard InChI is InChI=1S/C19H23ClN6OS.HI/c1-12-13(2)28-17(24-12)9-11-23-19(21-3)22-10-8-16-25-18(26-27-16)14-4-6-15(20)7-5-14;/h4-7H,8-11H2,1-3H3,(H2,21,22,23);1H. The molecule has 2 aromatic heterocycles. The summed E-state index contributed by atoms with van der Waals surface area (Å²) in [5.74, 6) is 1.87. The second-order valence-electron chi connectivity index (χ2n) is 6.19. The summed E-state index contributed by atoms with van der Waals surface area (Å²) in [5.41, 5.74) is 1.98. The first kappa shape index (κ1) is 23.6. The molecule has 0 aliphatic carbocycles. The molecule has 0 fully saturated rings. The van der Waals surface area contributed by atoms with Crippen LogP contribution in [-0.2, 0) is 12.8 Å². The van der Waals surface area contributed by atoms with E-state index < -0.39 is 0 Å². The van der Waals surface area contributed by atoms with Gasteiger partial charge in [-0.25, -0.2) is 4.98 Å². The lowest BCUT2D eigenvalue weighted by molar-refractivity contribution is 0.378. The highest BCUT2D eigenvalue weighted by Gasteiger charge is 2.09. The number of benzene rings is 1. The van der Waals surface area contributed by atoms with Crippen LogP contribution in [0.2, 0.25) is 5.02 Å². The van der Waals surface area contributed by atoms with E-state index in [2.05, 4.69) is 37.7 Å². The fraction of sp³-hybridized carbons (Fsp3) is 0.368. The van der Waals surface area contributed by atoms with Crippen LogP contribution in [0.1, 0.15) is 21.5 Å². The Morgan fingerprint density at radius 1 is 1.10 bits per heavy atom. The molecule has 3 rings (SSSR count). The molecule has 0 saturated carbocycles. The molecule has 29 heavy (non-hydrogen) atoms. The van der Waals surface area contributed by atoms with E-state index in [0.29, 0.717) is 29.7 Å². The fourth-order valence-corrected chi connectivity index (χ4v) is 3.57. The van der Waals surface area contributed by atoms with Gasteiger partial charge in [-0.15, -0.1) is 35.3 Å². The monoisotopic (exact) mass is 546 g/mol. The van der Waals surface area contributed by atoms with E-state index in [4.69, 9.17) is 16.1 Å². The molecule has 0 bridgehead atoms. The van der Waals surface area contributed by atoms with Gasteiger partial charge in [-0.05, 0) is 38.1 Å². The molecule has 0 spiro atoms. The largest absolute Gasteiger partial charge is 0.356 e. The topological polar surface area (TPSA) is 88.2 Å². The highest BCUT2D eigenvalue weighted by atomic mass is 127. The number of aromatic nitrogens is 3. The zero-order valence-electron chi connectivity index (χ0n) is 16.5. The maximum absolute atomic E-state index is 5.90. The number of aryl methyl sites for hydroxylation is 2. The van der Waals surface area contributed by atoms with Gasteiger partial charge >= 0.3 is 0 Å². The van der Waals surface area contributed by atoms with Gasteiger partial charge in [-0.2, -0.15) is 4.98 Å². The molecule has 0 radical (unpaired) electrons. The van der Waals surface area contributed by atoms with E-state index in [9.17, 15) is 0 Å². The summed E-state index contributed by atoms with van der Waals surface area (Å²) in [7, 11) is 1.75. The molecular formula is C19H24ClIN6OS. The van der Waals surface area contributed by atoms with Gasteiger partial charge in [0.25, 0.3) is 0 Å². The van der Waals surface area contributed by atoms with Crippen molar-refractivity contribution in [3.63, 3.8) is 0 Å². The Kier molecular flexibility index (Phi) is 9.31. The van der Waals surface area contributed by atoms with Gasteiger partial charge in [-0.1, -0.05) is 16.8 Å². The van der Waals surface area contributed by atoms with Crippen molar-refractivity contribution in [2.24, 2.45) is 4.99 Å².